The van der Waals surface area contributed by atoms with Crippen molar-refractivity contribution in [3.05, 3.63) is 31.9 Å². The van der Waals surface area contributed by atoms with Crippen LogP contribution in [0.2, 0.25) is 5.02 Å². The Bertz CT molecular complexity index is 449. The fraction of sp³-hybridized carbons (Fsp3) is 0.200. The van der Waals surface area contributed by atoms with Crippen molar-refractivity contribution < 1.29 is 22.9 Å². The lowest BCUT2D eigenvalue weighted by Crippen LogP contribution is -2.07. The van der Waals surface area contributed by atoms with Gasteiger partial charge in [0.15, 0.2) is 21.2 Å². The quantitative estimate of drug-likeness (QED) is 0.774. The van der Waals surface area contributed by atoms with Gasteiger partial charge in [0.2, 0.25) is 0 Å². The van der Waals surface area contributed by atoms with Crippen LogP contribution in [0.3, 0.4) is 0 Å². The van der Waals surface area contributed by atoms with Crippen LogP contribution in [0.15, 0.2) is 12.1 Å². The molecule has 0 heterocycles. The molecule has 0 amide bonds. The summed E-state index contributed by atoms with van der Waals surface area (Å²) in [5, 5.41) is 17.7. The third-order valence-corrected chi connectivity index (χ3v) is 3.99. The van der Waals surface area contributed by atoms with Gasteiger partial charge in [-0.1, -0.05) is 11.6 Å². The van der Waals surface area contributed by atoms with Crippen molar-refractivity contribution in [1.82, 2.24) is 0 Å². The third kappa shape index (κ3) is 4.04. The van der Waals surface area contributed by atoms with E-state index in [1.807, 2.05) is 0 Å². The number of benzene rings is 1. The number of rotatable bonds is 5. The maximum Gasteiger partial charge on any atom is 0.307 e. The predicted octanol–water partition coefficient (Wildman–Crippen LogP) is 2.08. The van der Waals surface area contributed by atoms with Crippen molar-refractivity contribution in [2.75, 3.05) is 0 Å². The molecule has 7 heteroatoms. The van der Waals surface area contributed by atoms with E-state index in [2.05, 4.69) is 0 Å². The summed E-state index contributed by atoms with van der Waals surface area (Å²) in [7, 11) is 0. The van der Waals surface area contributed by atoms with Crippen LogP contribution in [0.1, 0.15) is 11.1 Å². The molecule has 0 fully saturated rings. The Kier molecular flexibility index (Phi) is 5.01. The lowest BCUT2D eigenvalue weighted by Gasteiger charge is -2.07. The predicted molar refractivity (Wildman–Crippen MR) is 67.5 cm³/mol. The highest BCUT2D eigenvalue weighted by Gasteiger charge is 2.15. The molecule has 0 aliphatic carbocycles. The highest BCUT2D eigenvalue weighted by Crippen LogP contribution is 2.26. The first-order chi connectivity index (χ1) is 7.93. The number of aliphatic carboxylic acids is 2. The highest BCUT2D eigenvalue weighted by atomic mass is 127. The molecule has 0 aromatic heterocycles. The standard InChI is InChI=1S/C10H8ClIO5/c11-7-1-5(3-8(13)14)10(12-17)6(2-7)4-9(15)16/h1-2H,3-4H2,(H,13,14)(H,15,16). The van der Waals surface area contributed by atoms with Gasteiger partial charge in [0.25, 0.3) is 0 Å². The van der Waals surface area contributed by atoms with Gasteiger partial charge in [0, 0.05) is 5.02 Å². The third-order valence-electron chi connectivity index (χ3n) is 1.95. The van der Waals surface area contributed by atoms with Crippen molar-refractivity contribution in [2.45, 2.75) is 12.8 Å². The summed E-state index contributed by atoms with van der Waals surface area (Å²) >= 11 is 4.12. The summed E-state index contributed by atoms with van der Waals surface area (Å²) in [6, 6.07) is 2.82. The zero-order valence-electron chi connectivity index (χ0n) is 8.44. The molecule has 0 saturated carbocycles. The van der Waals surface area contributed by atoms with E-state index in [4.69, 9.17) is 21.8 Å². The Morgan fingerprint density at radius 2 is 1.53 bits per heavy atom. The van der Waals surface area contributed by atoms with Gasteiger partial charge in [-0.25, -0.2) is 0 Å². The van der Waals surface area contributed by atoms with Gasteiger partial charge in [0.1, 0.15) is 0 Å². The van der Waals surface area contributed by atoms with Crippen LogP contribution in [0, 0.1) is 3.57 Å². The molecule has 0 saturated heterocycles. The van der Waals surface area contributed by atoms with Gasteiger partial charge in [-0.2, -0.15) is 0 Å². The number of hydrogen-bond acceptors (Lipinski definition) is 3. The van der Waals surface area contributed by atoms with Crippen molar-refractivity contribution in [2.24, 2.45) is 0 Å². The molecule has 0 unspecified atom stereocenters. The molecule has 1 aromatic carbocycles. The topological polar surface area (TPSA) is 91.7 Å². The molecule has 17 heavy (non-hydrogen) atoms. The number of halogens is 2. The summed E-state index contributed by atoms with van der Waals surface area (Å²) in [5.41, 5.74) is 0.646. The van der Waals surface area contributed by atoms with Crippen molar-refractivity contribution in [1.29, 1.82) is 0 Å². The number of carboxylic acids is 2. The maximum absolute atomic E-state index is 11.1. The van der Waals surface area contributed by atoms with E-state index in [9.17, 15) is 12.7 Å². The normalized spacial score (nSPS) is 10.2. The molecule has 1 aromatic rings. The van der Waals surface area contributed by atoms with Gasteiger partial charge in [-0.15, -0.1) is 0 Å². The molecule has 5 nitrogen and oxygen atoms in total. The van der Waals surface area contributed by atoms with Crippen LogP contribution in [-0.4, -0.2) is 22.2 Å². The minimum absolute atomic E-state index is 0.249. The van der Waals surface area contributed by atoms with Gasteiger partial charge in [0.05, 0.1) is 16.4 Å². The zero-order chi connectivity index (χ0) is 13.0. The maximum atomic E-state index is 11.1. The number of hydrogen-bond donors (Lipinski definition) is 2. The van der Waals surface area contributed by atoms with E-state index >= 15 is 0 Å². The van der Waals surface area contributed by atoms with Crippen molar-refractivity contribution >= 4 is 44.7 Å². The van der Waals surface area contributed by atoms with Crippen LogP contribution in [0.5, 0.6) is 0 Å². The monoisotopic (exact) mass is 370 g/mol. The summed E-state index contributed by atoms with van der Waals surface area (Å²) in [5.74, 6) is -2.15. The molecular weight excluding hydrogens is 362 g/mol. The van der Waals surface area contributed by atoms with Gasteiger partial charge >= 0.3 is 11.9 Å². The van der Waals surface area contributed by atoms with Crippen molar-refractivity contribution in [3.63, 3.8) is 0 Å². The average Bonchev–Trinajstić information content (AvgIpc) is 2.14. The molecule has 0 radical (unpaired) electrons. The van der Waals surface area contributed by atoms with Gasteiger partial charge < -0.3 is 10.2 Å². The van der Waals surface area contributed by atoms with Gasteiger partial charge in [-0.3, -0.25) is 12.7 Å². The first kappa shape index (κ1) is 14.0. The zero-order valence-corrected chi connectivity index (χ0v) is 11.4. The van der Waals surface area contributed by atoms with Crippen LogP contribution in [0.25, 0.3) is 0 Å². The average molecular weight is 371 g/mol. The molecule has 0 aliphatic rings. The Morgan fingerprint density at radius 3 is 1.82 bits per heavy atom. The molecule has 0 aliphatic heterocycles. The molecule has 0 bridgehead atoms. The van der Waals surface area contributed by atoms with E-state index in [0.29, 0.717) is 14.7 Å². The summed E-state index contributed by atoms with van der Waals surface area (Å²) in [6.45, 7) is 0. The minimum atomic E-state index is -1.65. The molecule has 92 valence electrons. The lowest BCUT2D eigenvalue weighted by atomic mass is 10.1. The Morgan fingerprint density at radius 1 is 1.12 bits per heavy atom. The highest BCUT2D eigenvalue weighted by molar-refractivity contribution is 14.1. The van der Waals surface area contributed by atoms with Gasteiger partial charge in [-0.05, 0) is 23.3 Å². The van der Waals surface area contributed by atoms with Crippen LogP contribution in [0.4, 0.5) is 0 Å². The second-order valence-corrected chi connectivity index (χ2v) is 5.21. The smallest absolute Gasteiger partial charge is 0.307 e. The first-order valence-electron chi connectivity index (χ1n) is 4.46. The van der Waals surface area contributed by atoms with E-state index in [-0.39, 0.29) is 17.9 Å². The number of carboxylic acid groups (broad SMARTS) is 2. The number of carbonyl (C=O) groups is 2. The fourth-order valence-corrected chi connectivity index (χ4v) is 2.91. The van der Waals surface area contributed by atoms with E-state index in [1.54, 1.807) is 0 Å². The summed E-state index contributed by atoms with van der Waals surface area (Å²) < 4.78 is 11.4. The SMILES string of the molecule is O=Ic1c(CC(=O)O)cc(Cl)cc1CC(=O)O. The molecule has 1 rings (SSSR count). The second kappa shape index (κ2) is 6.06. The molecule has 0 spiro atoms. The second-order valence-electron chi connectivity index (χ2n) is 3.26. The molecule has 2 N–H and O–H groups in total. The van der Waals surface area contributed by atoms with E-state index in [0.717, 1.165) is 0 Å². The van der Waals surface area contributed by atoms with Crippen LogP contribution < -0.4 is 0 Å². The lowest BCUT2D eigenvalue weighted by molar-refractivity contribution is -0.137. The minimum Gasteiger partial charge on any atom is -0.481 e. The molecule has 0 atom stereocenters. The largest absolute Gasteiger partial charge is 0.481 e. The van der Waals surface area contributed by atoms with E-state index < -0.39 is 33.1 Å². The Hall–Kier alpha value is -1.02. The Labute approximate surface area is 112 Å². The van der Waals surface area contributed by atoms with Crippen LogP contribution >= 0.6 is 32.8 Å². The summed E-state index contributed by atoms with van der Waals surface area (Å²) in [4.78, 5) is 21.3. The summed E-state index contributed by atoms with van der Waals surface area (Å²) in [6.07, 6.45) is -0.630. The Balaban J connectivity index is 3.28. The van der Waals surface area contributed by atoms with Crippen molar-refractivity contribution in [3.8, 4) is 0 Å². The van der Waals surface area contributed by atoms with E-state index in [1.165, 1.54) is 12.1 Å². The first-order valence-corrected chi connectivity index (χ1v) is 6.79. The van der Waals surface area contributed by atoms with Crippen LogP contribution in [-0.2, 0) is 25.5 Å². The molecular formula is C10H8ClIO5. The fourth-order valence-electron chi connectivity index (χ4n) is 1.39.